The van der Waals surface area contributed by atoms with Gasteiger partial charge in [-0.1, -0.05) is 19.1 Å². The first kappa shape index (κ1) is 22.8. The van der Waals surface area contributed by atoms with Gasteiger partial charge in [0.25, 0.3) is 0 Å². The maximum atomic E-state index is 12.2. The number of hydrogen-bond donors (Lipinski definition) is 1. The van der Waals surface area contributed by atoms with Crippen molar-refractivity contribution < 1.29 is 13.2 Å². The number of hydrogen-bond acceptors (Lipinski definition) is 5. The molecule has 178 valence electrons. The van der Waals surface area contributed by atoms with Gasteiger partial charge in [-0.2, -0.15) is 5.26 Å². The molecular formula is C26H30N4O3S. The van der Waals surface area contributed by atoms with Crippen LogP contribution in [0.3, 0.4) is 0 Å². The molecule has 2 fully saturated rings. The van der Waals surface area contributed by atoms with Crippen molar-refractivity contribution in [3.05, 3.63) is 48.0 Å². The van der Waals surface area contributed by atoms with Crippen LogP contribution in [0.1, 0.15) is 44.2 Å². The highest BCUT2D eigenvalue weighted by Crippen LogP contribution is 2.43. The third-order valence-corrected chi connectivity index (χ3v) is 8.31. The van der Waals surface area contributed by atoms with Crippen LogP contribution >= 0.6 is 0 Å². The van der Waals surface area contributed by atoms with E-state index in [0.717, 1.165) is 67.0 Å². The fourth-order valence-electron chi connectivity index (χ4n) is 4.93. The Morgan fingerprint density at radius 2 is 1.85 bits per heavy atom. The van der Waals surface area contributed by atoms with Gasteiger partial charge in [0.1, 0.15) is 6.07 Å². The standard InChI is InChI=1S/C26H30N4O3S/c1-2-16-34(31,32)28-20-8-6-19(7-9-20)26-24(18-27)23-11-10-22(29-12-14-33-15-13-29)17-25(23)30(26)21-4-3-5-21/h6-11,17,21,28H,2-5,12-16H2,1H3. The minimum atomic E-state index is -3.35. The first-order valence-electron chi connectivity index (χ1n) is 12.0. The van der Waals surface area contributed by atoms with Crippen molar-refractivity contribution in [3.63, 3.8) is 0 Å². The van der Waals surface area contributed by atoms with Crippen molar-refractivity contribution in [2.75, 3.05) is 41.7 Å². The summed E-state index contributed by atoms with van der Waals surface area (Å²) in [6.45, 7) is 5.02. The first-order valence-corrected chi connectivity index (χ1v) is 13.7. The highest BCUT2D eigenvalue weighted by Gasteiger charge is 2.28. The summed E-state index contributed by atoms with van der Waals surface area (Å²) in [5.41, 5.74) is 5.31. The summed E-state index contributed by atoms with van der Waals surface area (Å²) in [5.74, 6) is 0.0920. The van der Waals surface area contributed by atoms with Crippen molar-refractivity contribution >= 4 is 32.3 Å². The van der Waals surface area contributed by atoms with E-state index in [4.69, 9.17) is 4.74 Å². The molecule has 34 heavy (non-hydrogen) atoms. The smallest absolute Gasteiger partial charge is 0.232 e. The summed E-state index contributed by atoms with van der Waals surface area (Å²) in [4.78, 5) is 2.34. The first-order chi connectivity index (χ1) is 16.5. The van der Waals surface area contributed by atoms with Gasteiger partial charge in [0.15, 0.2) is 0 Å². The number of anilines is 2. The van der Waals surface area contributed by atoms with E-state index >= 15 is 0 Å². The molecule has 1 saturated carbocycles. The van der Waals surface area contributed by atoms with Crippen LogP contribution < -0.4 is 9.62 Å². The molecule has 3 aromatic rings. The molecule has 0 amide bonds. The number of morpholine rings is 1. The van der Waals surface area contributed by atoms with E-state index in [2.05, 4.69) is 38.5 Å². The number of fused-ring (bicyclic) bond motifs is 1. The zero-order valence-electron chi connectivity index (χ0n) is 19.5. The van der Waals surface area contributed by atoms with Crippen LogP contribution in [0, 0.1) is 11.3 Å². The van der Waals surface area contributed by atoms with E-state index in [-0.39, 0.29) is 5.75 Å². The summed E-state index contributed by atoms with van der Waals surface area (Å²) in [7, 11) is -3.35. The van der Waals surface area contributed by atoms with Crippen molar-refractivity contribution in [2.45, 2.75) is 38.6 Å². The number of ether oxygens (including phenoxy) is 1. The van der Waals surface area contributed by atoms with Crippen LogP contribution in [0.5, 0.6) is 0 Å². The summed E-state index contributed by atoms with van der Waals surface area (Å²) in [6.07, 6.45) is 3.94. The maximum absolute atomic E-state index is 12.2. The largest absolute Gasteiger partial charge is 0.378 e. The number of nitriles is 1. The van der Waals surface area contributed by atoms with Crippen LogP contribution in [0.15, 0.2) is 42.5 Å². The highest BCUT2D eigenvalue weighted by molar-refractivity contribution is 7.92. The van der Waals surface area contributed by atoms with E-state index in [1.54, 1.807) is 12.1 Å². The molecule has 0 bridgehead atoms. The lowest BCUT2D eigenvalue weighted by Gasteiger charge is -2.31. The van der Waals surface area contributed by atoms with Gasteiger partial charge >= 0.3 is 0 Å². The Bertz CT molecular complexity index is 1330. The molecule has 7 nitrogen and oxygen atoms in total. The minimum absolute atomic E-state index is 0.0920. The highest BCUT2D eigenvalue weighted by atomic mass is 32.2. The van der Waals surface area contributed by atoms with Crippen LogP contribution in [0.25, 0.3) is 22.2 Å². The molecule has 0 radical (unpaired) electrons. The molecule has 0 unspecified atom stereocenters. The molecule has 8 heteroatoms. The molecule has 1 N–H and O–H groups in total. The average Bonchev–Trinajstić information content (AvgIpc) is 3.12. The maximum Gasteiger partial charge on any atom is 0.232 e. The fourth-order valence-corrected chi connectivity index (χ4v) is 6.07. The Balaban J connectivity index is 1.59. The van der Waals surface area contributed by atoms with Crippen LogP contribution in [-0.2, 0) is 14.8 Å². The molecule has 5 rings (SSSR count). The molecule has 2 aliphatic rings. The Morgan fingerprint density at radius 1 is 1.12 bits per heavy atom. The second kappa shape index (κ2) is 9.32. The van der Waals surface area contributed by atoms with Crippen molar-refractivity contribution in [1.29, 1.82) is 5.26 Å². The molecule has 1 aromatic heterocycles. The van der Waals surface area contributed by atoms with E-state index in [1.165, 1.54) is 6.42 Å². The quantitative estimate of drug-likeness (QED) is 0.522. The molecule has 1 aliphatic heterocycles. The Labute approximate surface area is 201 Å². The number of nitrogens with one attached hydrogen (secondary N) is 1. The Morgan fingerprint density at radius 3 is 2.47 bits per heavy atom. The van der Waals surface area contributed by atoms with Crippen molar-refractivity contribution in [1.82, 2.24) is 4.57 Å². The Kier molecular flexibility index (Phi) is 6.24. The molecular weight excluding hydrogens is 448 g/mol. The third-order valence-electron chi connectivity index (χ3n) is 6.82. The number of sulfonamides is 1. The van der Waals surface area contributed by atoms with E-state index in [9.17, 15) is 13.7 Å². The zero-order chi connectivity index (χ0) is 23.7. The summed E-state index contributed by atoms with van der Waals surface area (Å²) < 4.78 is 34.8. The molecule has 2 heterocycles. The molecule has 0 atom stereocenters. The van der Waals surface area contributed by atoms with Gasteiger partial charge in [-0.3, -0.25) is 4.72 Å². The number of nitrogens with zero attached hydrogens (tertiary/aromatic N) is 3. The lowest BCUT2D eigenvalue weighted by atomic mass is 9.92. The van der Waals surface area contributed by atoms with E-state index < -0.39 is 10.0 Å². The predicted octanol–water partition coefficient (Wildman–Crippen LogP) is 4.89. The summed E-state index contributed by atoms with van der Waals surface area (Å²) >= 11 is 0. The fraction of sp³-hybridized carbons (Fsp3) is 0.423. The molecule has 2 aromatic carbocycles. The van der Waals surface area contributed by atoms with Crippen LogP contribution in [0.4, 0.5) is 11.4 Å². The van der Waals surface area contributed by atoms with Crippen molar-refractivity contribution in [2.24, 2.45) is 0 Å². The van der Waals surface area contributed by atoms with Gasteiger partial charge in [0.05, 0.1) is 35.7 Å². The predicted molar refractivity (Wildman–Crippen MR) is 136 cm³/mol. The van der Waals surface area contributed by atoms with E-state index in [1.807, 2.05) is 19.1 Å². The van der Waals surface area contributed by atoms with Gasteiger partial charge in [0, 0.05) is 35.9 Å². The van der Waals surface area contributed by atoms with Gasteiger partial charge in [-0.15, -0.1) is 0 Å². The second-order valence-corrected chi connectivity index (χ2v) is 10.9. The summed E-state index contributed by atoms with van der Waals surface area (Å²) in [5, 5.41) is 11.1. The third kappa shape index (κ3) is 4.26. The topological polar surface area (TPSA) is 87.4 Å². The van der Waals surface area contributed by atoms with Gasteiger partial charge in [-0.25, -0.2) is 8.42 Å². The lowest BCUT2D eigenvalue weighted by molar-refractivity contribution is 0.122. The number of aromatic nitrogens is 1. The molecule has 0 spiro atoms. The second-order valence-electron chi connectivity index (χ2n) is 9.09. The number of rotatable bonds is 7. The molecule has 1 saturated heterocycles. The molecule has 1 aliphatic carbocycles. The summed E-state index contributed by atoms with van der Waals surface area (Å²) in [6, 6.07) is 16.6. The lowest BCUT2D eigenvalue weighted by Crippen LogP contribution is -2.36. The van der Waals surface area contributed by atoms with Gasteiger partial charge in [-0.05, 0) is 61.6 Å². The average molecular weight is 479 g/mol. The Hall–Kier alpha value is -3.02. The zero-order valence-corrected chi connectivity index (χ0v) is 20.3. The normalized spacial score (nSPS) is 16.9. The van der Waals surface area contributed by atoms with Gasteiger partial charge < -0.3 is 14.2 Å². The van der Waals surface area contributed by atoms with Crippen LogP contribution in [-0.4, -0.2) is 45.0 Å². The van der Waals surface area contributed by atoms with Crippen molar-refractivity contribution in [3.8, 4) is 17.3 Å². The van der Waals surface area contributed by atoms with Crippen LogP contribution in [0.2, 0.25) is 0 Å². The SMILES string of the molecule is CCCS(=O)(=O)Nc1ccc(-c2c(C#N)c3ccc(N4CCOCC4)cc3n2C2CCC2)cc1. The van der Waals surface area contributed by atoms with Gasteiger partial charge in [0.2, 0.25) is 10.0 Å². The van der Waals surface area contributed by atoms with E-state index in [0.29, 0.717) is 23.7 Å². The monoisotopic (exact) mass is 478 g/mol. The minimum Gasteiger partial charge on any atom is -0.378 e. The number of benzene rings is 2.